The highest BCUT2D eigenvalue weighted by Crippen LogP contribution is 2.39. The SMILES string of the molecule is COCc1ccc(C(=O)N2CCC[C@H]2c2cc(OC)ccc2OC)cc1. The Labute approximate surface area is 154 Å². The molecule has 5 nitrogen and oxygen atoms in total. The van der Waals surface area contributed by atoms with Gasteiger partial charge in [0, 0.05) is 24.8 Å². The standard InChI is InChI=1S/C21H25NO4/c1-24-14-15-6-8-16(9-7-15)21(23)22-12-4-5-19(22)18-13-17(25-2)10-11-20(18)26-3/h6-11,13,19H,4-5,12,14H2,1-3H3/t19-/m0/s1. The molecule has 3 rings (SSSR count). The number of hydrogen-bond acceptors (Lipinski definition) is 4. The second kappa shape index (κ2) is 8.23. The minimum atomic E-state index is -0.00815. The van der Waals surface area contributed by atoms with Gasteiger partial charge >= 0.3 is 0 Å². The number of ether oxygens (including phenoxy) is 3. The molecule has 1 fully saturated rings. The Morgan fingerprint density at radius 3 is 2.50 bits per heavy atom. The fourth-order valence-electron chi connectivity index (χ4n) is 3.51. The Kier molecular flexibility index (Phi) is 5.78. The van der Waals surface area contributed by atoms with Crippen LogP contribution in [0.15, 0.2) is 42.5 Å². The van der Waals surface area contributed by atoms with E-state index in [9.17, 15) is 4.79 Å². The predicted molar refractivity (Wildman–Crippen MR) is 99.7 cm³/mol. The molecule has 0 unspecified atom stereocenters. The molecule has 2 aromatic rings. The topological polar surface area (TPSA) is 48.0 Å². The highest BCUT2D eigenvalue weighted by Gasteiger charge is 2.32. The van der Waals surface area contributed by atoms with Crippen LogP contribution in [0, 0.1) is 0 Å². The maximum Gasteiger partial charge on any atom is 0.254 e. The number of benzene rings is 2. The molecule has 0 aliphatic carbocycles. The first kappa shape index (κ1) is 18.3. The molecule has 0 radical (unpaired) electrons. The fraction of sp³-hybridized carbons (Fsp3) is 0.381. The van der Waals surface area contributed by atoms with Crippen LogP contribution in [0.4, 0.5) is 0 Å². The average molecular weight is 355 g/mol. The quantitative estimate of drug-likeness (QED) is 0.790. The molecule has 1 amide bonds. The third-order valence-corrected chi connectivity index (χ3v) is 4.82. The Hall–Kier alpha value is -2.53. The normalized spacial score (nSPS) is 16.6. The van der Waals surface area contributed by atoms with Crippen LogP contribution < -0.4 is 9.47 Å². The Morgan fingerprint density at radius 1 is 1.08 bits per heavy atom. The second-order valence-corrected chi connectivity index (χ2v) is 6.39. The van der Waals surface area contributed by atoms with E-state index in [1.54, 1.807) is 21.3 Å². The number of hydrogen-bond donors (Lipinski definition) is 0. The Balaban J connectivity index is 1.87. The molecule has 5 heteroatoms. The van der Waals surface area contributed by atoms with Gasteiger partial charge in [0.1, 0.15) is 11.5 Å². The molecule has 26 heavy (non-hydrogen) atoms. The summed E-state index contributed by atoms with van der Waals surface area (Å²) in [5, 5.41) is 0. The zero-order valence-corrected chi connectivity index (χ0v) is 15.5. The van der Waals surface area contributed by atoms with E-state index in [-0.39, 0.29) is 11.9 Å². The molecular formula is C21H25NO4. The van der Waals surface area contributed by atoms with Crippen molar-refractivity contribution in [2.45, 2.75) is 25.5 Å². The molecule has 0 aromatic heterocycles. The maximum atomic E-state index is 13.1. The van der Waals surface area contributed by atoms with Crippen molar-refractivity contribution in [1.29, 1.82) is 0 Å². The first-order valence-corrected chi connectivity index (χ1v) is 8.78. The summed E-state index contributed by atoms with van der Waals surface area (Å²) < 4.78 is 16.0. The average Bonchev–Trinajstić information content (AvgIpc) is 3.17. The summed E-state index contributed by atoms with van der Waals surface area (Å²) in [6.07, 6.45) is 1.88. The van der Waals surface area contributed by atoms with Crippen LogP contribution in [0.5, 0.6) is 11.5 Å². The van der Waals surface area contributed by atoms with Gasteiger partial charge in [0.2, 0.25) is 0 Å². The lowest BCUT2D eigenvalue weighted by Crippen LogP contribution is -2.30. The van der Waals surface area contributed by atoms with E-state index >= 15 is 0 Å². The van der Waals surface area contributed by atoms with Crippen LogP contribution in [-0.4, -0.2) is 38.7 Å². The van der Waals surface area contributed by atoms with Gasteiger partial charge in [0.05, 0.1) is 26.9 Å². The van der Waals surface area contributed by atoms with E-state index < -0.39 is 0 Å². The molecule has 2 aromatic carbocycles. The summed E-state index contributed by atoms with van der Waals surface area (Å²) in [6, 6.07) is 13.3. The van der Waals surface area contributed by atoms with Gasteiger partial charge in [-0.1, -0.05) is 12.1 Å². The second-order valence-electron chi connectivity index (χ2n) is 6.39. The summed E-state index contributed by atoms with van der Waals surface area (Å²) in [5.74, 6) is 1.59. The smallest absolute Gasteiger partial charge is 0.254 e. The molecule has 1 saturated heterocycles. The number of rotatable bonds is 6. The van der Waals surface area contributed by atoms with Crippen molar-refractivity contribution in [2.24, 2.45) is 0 Å². The van der Waals surface area contributed by atoms with Gasteiger partial charge in [-0.25, -0.2) is 0 Å². The molecule has 1 atom stereocenters. The van der Waals surface area contributed by atoms with E-state index in [0.29, 0.717) is 12.2 Å². The van der Waals surface area contributed by atoms with Crippen molar-refractivity contribution in [2.75, 3.05) is 27.9 Å². The van der Waals surface area contributed by atoms with E-state index in [1.807, 2.05) is 47.4 Å². The van der Waals surface area contributed by atoms with Gasteiger partial charge in [-0.3, -0.25) is 4.79 Å². The van der Waals surface area contributed by atoms with Gasteiger partial charge < -0.3 is 19.1 Å². The lowest BCUT2D eigenvalue weighted by atomic mass is 10.0. The summed E-state index contributed by atoms with van der Waals surface area (Å²) in [7, 11) is 4.96. The first-order valence-electron chi connectivity index (χ1n) is 8.78. The van der Waals surface area contributed by atoms with Gasteiger partial charge in [-0.15, -0.1) is 0 Å². The monoisotopic (exact) mass is 355 g/mol. The molecular weight excluding hydrogens is 330 g/mol. The summed E-state index contributed by atoms with van der Waals surface area (Å²) in [4.78, 5) is 15.0. The third-order valence-electron chi connectivity index (χ3n) is 4.82. The maximum absolute atomic E-state index is 13.1. The molecule has 1 heterocycles. The van der Waals surface area contributed by atoms with E-state index in [1.165, 1.54) is 0 Å². The number of nitrogens with zero attached hydrogens (tertiary/aromatic N) is 1. The van der Waals surface area contributed by atoms with Crippen LogP contribution in [0.1, 0.15) is 40.4 Å². The highest BCUT2D eigenvalue weighted by atomic mass is 16.5. The minimum absolute atomic E-state index is 0.00815. The lowest BCUT2D eigenvalue weighted by Gasteiger charge is -2.27. The minimum Gasteiger partial charge on any atom is -0.497 e. The van der Waals surface area contributed by atoms with Crippen molar-refractivity contribution in [3.05, 3.63) is 59.2 Å². The number of carbonyl (C=O) groups is 1. The van der Waals surface area contributed by atoms with Crippen LogP contribution in [0.2, 0.25) is 0 Å². The summed E-state index contributed by atoms with van der Waals surface area (Å²) >= 11 is 0. The zero-order valence-electron chi connectivity index (χ0n) is 15.5. The molecule has 138 valence electrons. The van der Waals surface area contributed by atoms with Crippen molar-refractivity contribution in [1.82, 2.24) is 4.90 Å². The van der Waals surface area contributed by atoms with Crippen molar-refractivity contribution >= 4 is 5.91 Å². The van der Waals surface area contributed by atoms with Gasteiger partial charge in [0.25, 0.3) is 5.91 Å². The lowest BCUT2D eigenvalue weighted by molar-refractivity contribution is 0.0734. The van der Waals surface area contributed by atoms with E-state index in [4.69, 9.17) is 14.2 Å². The predicted octanol–water partition coefficient (Wildman–Crippen LogP) is 3.83. The van der Waals surface area contributed by atoms with E-state index in [0.717, 1.165) is 42.0 Å². The van der Waals surface area contributed by atoms with Crippen LogP contribution in [0.3, 0.4) is 0 Å². The van der Waals surface area contributed by atoms with Gasteiger partial charge in [-0.2, -0.15) is 0 Å². The fourth-order valence-corrected chi connectivity index (χ4v) is 3.51. The Bertz CT molecular complexity index is 757. The zero-order chi connectivity index (χ0) is 18.5. The van der Waals surface area contributed by atoms with Crippen molar-refractivity contribution in [3.8, 4) is 11.5 Å². The Morgan fingerprint density at radius 2 is 1.85 bits per heavy atom. The molecule has 0 bridgehead atoms. The molecule has 1 aliphatic rings. The molecule has 0 N–H and O–H groups in total. The van der Waals surface area contributed by atoms with Gasteiger partial charge in [-0.05, 0) is 48.7 Å². The number of carbonyl (C=O) groups excluding carboxylic acids is 1. The number of likely N-dealkylation sites (tertiary alicyclic amines) is 1. The molecule has 0 spiro atoms. The number of methoxy groups -OCH3 is 3. The summed E-state index contributed by atoms with van der Waals surface area (Å²) in [6.45, 7) is 1.28. The first-order chi connectivity index (χ1) is 12.7. The van der Waals surface area contributed by atoms with Crippen LogP contribution >= 0.6 is 0 Å². The van der Waals surface area contributed by atoms with Crippen LogP contribution in [0.25, 0.3) is 0 Å². The molecule has 0 saturated carbocycles. The third kappa shape index (κ3) is 3.68. The highest BCUT2D eigenvalue weighted by molar-refractivity contribution is 5.94. The van der Waals surface area contributed by atoms with Crippen molar-refractivity contribution in [3.63, 3.8) is 0 Å². The van der Waals surface area contributed by atoms with E-state index in [2.05, 4.69) is 0 Å². The van der Waals surface area contributed by atoms with Crippen LogP contribution in [-0.2, 0) is 11.3 Å². The van der Waals surface area contributed by atoms with Crippen molar-refractivity contribution < 1.29 is 19.0 Å². The molecule has 1 aliphatic heterocycles. The number of amides is 1. The largest absolute Gasteiger partial charge is 0.497 e. The van der Waals surface area contributed by atoms with Gasteiger partial charge in [0.15, 0.2) is 0 Å². The summed E-state index contributed by atoms with van der Waals surface area (Å²) in [5.41, 5.74) is 2.74.